The van der Waals surface area contributed by atoms with Crippen molar-refractivity contribution in [2.45, 2.75) is 57.0 Å². The lowest BCUT2D eigenvalue weighted by Gasteiger charge is -2.34. The van der Waals surface area contributed by atoms with Gasteiger partial charge < -0.3 is 24.6 Å². The first-order valence-electron chi connectivity index (χ1n) is 16.6. The van der Waals surface area contributed by atoms with Crippen LogP contribution < -0.4 is 14.8 Å². The van der Waals surface area contributed by atoms with Gasteiger partial charge in [-0.15, -0.1) is 0 Å². The lowest BCUT2D eigenvalue weighted by molar-refractivity contribution is -0.126. The molecule has 268 valence electrons. The third-order valence-electron chi connectivity index (χ3n) is 8.64. The van der Waals surface area contributed by atoms with E-state index in [4.69, 9.17) is 32.7 Å². The molecule has 2 fully saturated rings. The molecule has 0 unspecified atom stereocenters. The summed E-state index contributed by atoms with van der Waals surface area (Å²) in [6, 6.07) is 17.0. The molecule has 3 aromatic rings. The van der Waals surface area contributed by atoms with Crippen molar-refractivity contribution in [3.63, 3.8) is 0 Å². The highest BCUT2D eigenvalue weighted by atomic mass is 35.5. The maximum absolute atomic E-state index is 13.3. The van der Waals surface area contributed by atoms with E-state index in [9.17, 15) is 22.8 Å². The largest absolute Gasteiger partial charge is 0.454 e. The molecule has 11 nitrogen and oxygen atoms in total. The van der Waals surface area contributed by atoms with Gasteiger partial charge in [0.15, 0.2) is 5.75 Å². The molecular formula is C36H42Cl2N4O7S. The van der Waals surface area contributed by atoms with Crippen LogP contribution in [0.4, 0.5) is 10.5 Å². The SMILES string of the molecule is CC(C)(C)OC(=O)N1CCC(CNC(=O)C2CCN(C(=O)c3ccc(S(=O)(=O)Nc4ccccc4Oc4ccc(Cl)cc4Cl)cc3)CC2)CC1. The molecule has 50 heavy (non-hydrogen) atoms. The summed E-state index contributed by atoms with van der Waals surface area (Å²) in [7, 11) is -4.03. The zero-order valence-corrected chi connectivity index (χ0v) is 30.6. The number of piperidine rings is 2. The Labute approximate surface area is 303 Å². The molecule has 3 amide bonds. The summed E-state index contributed by atoms with van der Waals surface area (Å²) in [5.41, 5.74) is 0.0222. The predicted octanol–water partition coefficient (Wildman–Crippen LogP) is 7.20. The minimum Gasteiger partial charge on any atom is -0.454 e. The highest BCUT2D eigenvalue weighted by Gasteiger charge is 2.30. The van der Waals surface area contributed by atoms with Crippen molar-refractivity contribution in [1.29, 1.82) is 0 Å². The van der Waals surface area contributed by atoms with E-state index in [1.165, 1.54) is 30.3 Å². The van der Waals surface area contributed by atoms with Gasteiger partial charge in [0, 0.05) is 49.2 Å². The smallest absolute Gasteiger partial charge is 0.410 e. The second-order valence-electron chi connectivity index (χ2n) is 13.5. The molecule has 0 saturated carbocycles. The number of carbonyl (C=O) groups excluding carboxylic acids is 3. The van der Waals surface area contributed by atoms with E-state index in [-0.39, 0.29) is 51.1 Å². The van der Waals surface area contributed by atoms with Crippen molar-refractivity contribution in [2.24, 2.45) is 11.8 Å². The molecule has 3 aromatic carbocycles. The molecule has 2 heterocycles. The van der Waals surface area contributed by atoms with Crippen molar-refractivity contribution >= 4 is 56.8 Å². The summed E-state index contributed by atoms with van der Waals surface area (Å²) in [6.45, 7) is 8.13. The molecule has 2 N–H and O–H groups in total. The zero-order valence-electron chi connectivity index (χ0n) is 28.3. The summed E-state index contributed by atoms with van der Waals surface area (Å²) in [6.07, 6.45) is 2.36. The van der Waals surface area contributed by atoms with Crippen LogP contribution in [0.2, 0.25) is 10.0 Å². The number of likely N-dealkylation sites (tertiary alicyclic amines) is 2. The molecule has 2 aliphatic rings. The van der Waals surface area contributed by atoms with E-state index in [1.54, 1.807) is 46.2 Å². The number of sulfonamides is 1. The summed E-state index contributed by atoms with van der Waals surface area (Å²) in [5, 5.41) is 3.79. The van der Waals surface area contributed by atoms with E-state index < -0.39 is 15.6 Å². The highest BCUT2D eigenvalue weighted by Crippen LogP contribution is 2.36. The second kappa shape index (κ2) is 15.9. The fourth-order valence-electron chi connectivity index (χ4n) is 5.86. The molecule has 14 heteroatoms. The first-order chi connectivity index (χ1) is 23.7. The number of ether oxygens (including phenoxy) is 2. The van der Waals surface area contributed by atoms with Gasteiger partial charge in [-0.1, -0.05) is 35.3 Å². The quantitative estimate of drug-likeness (QED) is 0.237. The van der Waals surface area contributed by atoms with E-state index in [0.717, 1.165) is 12.8 Å². The van der Waals surface area contributed by atoms with Crippen LogP contribution in [0.5, 0.6) is 11.5 Å². The van der Waals surface area contributed by atoms with Gasteiger partial charge in [-0.05, 0) is 107 Å². The predicted molar refractivity (Wildman–Crippen MR) is 192 cm³/mol. The van der Waals surface area contributed by atoms with Gasteiger partial charge >= 0.3 is 6.09 Å². The third kappa shape index (κ3) is 9.82. The van der Waals surface area contributed by atoms with Gasteiger partial charge in [0.1, 0.15) is 11.4 Å². The minimum absolute atomic E-state index is 0.0167. The van der Waals surface area contributed by atoms with Gasteiger partial charge in [0.05, 0.1) is 15.6 Å². The van der Waals surface area contributed by atoms with Gasteiger partial charge in [0.2, 0.25) is 5.91 Å². The summed E-state index contributed by atoms with van der Waals surface area (Å²) in [4.78, 5) is 41.9. The van der Waals surface area contributed by atoms with Crippen LogP contribution in [-0.2, 0) is 19.6 Å². The summed E-state index contributed by atoms with van der Waals surface area (Å²) in [5.74, 6) is 0.405. The molecule has 0 aliphatic carbocycles. The van der Waals surface area contributed by atoms with Crippen molar-refractivity contribution < 1.29 is 32.3 Å². The first kappa shape index (κ1) is 37.3. The molecule has 0 atom stereocenters. The number of hydrogen-bond donors (Lipinski definition) is 2. The number of amides is 3. The number of halogens is 2. The molecule has 0 radical (unpaired) electrons. The molecular weight excluding hydrogens is 703 g/mol. The number of anilines is 1. The molecule has 0 aromatic heterocycles. The van der Waals surface area contributed by atoms with Crippen LogP contribution >= 0.6 is 23.2 Å². The lowest BCUT2D eigenvalue weighted by atomic mass is 9.94. The standard InChI is InChI=1S/C36H42Cl2N4O7S/c1-36(2,3)49-35(45)42-18-14-24(15-19-42)23-39-33(43)25-16-20-41(21-17-25)34(44)26-8-11-28(12-9-26)50(46,47)40-30-6-4-5-7-32(30)48-31-13-10-27(37)22-29(31)38/h4-13,22,24-25,40H,14-21,23H2,1-3H3,(H,39,43). The van der Waals surface area contributed by atoms with E-state index in [2.05, 4.69) is 10.0 Å². The average Bonchev–Trinajstić information content (AvgIpc) is 3.08. The van der Waals surface area contributed by atoms with Crippen LogP contribution in [0.25, 0.3) is 0 Å². The number of rotatable bonds is 9. The van der Waals surface area contributed by atoms with Gasteiger partial charge in [-0.3, -0.25) is 14.3 Å². The topological polar surface area (TPSA) is 134 Å². The van der Waals surface area contributed by atoms with Crippen LogP contribution in [0.15, 0.2) is 71.6 Å². The normalized spacial score (nSPS) is 16.1. The summed E-state index contributed by atoms with van der Waals surface area (Å²) < 4.78 is 40.4. The van der Waals surface area contributed by atoms with Crippen molar-refractivity contribution in [3.05, 3.63) is 82.3 Å². The number of nitrogens with zero attached hydrogens (tertiary/aromatic N) is 2. The Bertz CT molecular complexity index is 1800. The third-order valence-corrected chi connectivity index (χ3v) is 10.6. The number of nitrogens with one attached hydrogen (secondary N) is 2. The first-order valence-corrected chi connectivity index (χ1v) is 18.8. The molecule has 2 saturated heterocycles. The Balaban J connectivity index is 1.09. The lowest BCUT2D eigenvalue weighted by Crippen LogP contribution is -2.46. The Morgan fingerprint density at radius 1 is 0.840 bits per heavy atom. The Morgan fingerprint density at radius 3 is 2.12 bits per heavy atom. The number of benzene rings is 3. The van der Waals surface area contributed by atoms with Gasteiger partial charge in [0.25, 0.3) is 15.9 Å². The monoisotopic (exact) mass is 744 g/mol. The van der Waals surface area contributed by atoms with Crippen LogP contribution in [0, 0.1) is 11.8 Å². The average molecular weight is 746 g/mol. The van der Waals surface area contributed by atoms with E-state index in [1.807, 2.05) is 20.8 Å². The highest BCUT2D eigenvalue weighted by molar-refractivity contribution is 7.92. The maximum Gasteiger partial charge on any atom is 0.410 e. The van der Waals surface area contributed by atoms with Crippen molar-refractivity contribution in [3.8, 4) is 11.5 Å². The van der Waals surface area contributed by atoms with Crippen molar-refractivity contribution in [2.75, 3.05) is 37.4 Å². The van der Waals surface area contributed by atoms with Gasteiger partial charge in [-0.2, -0.15) is 0 Å². The number of para-hydroxylation sites is 2. The Hall–Kier alpha value is -4.00. The van der Waals surface area contributed by atoms with Crippen LogP contribution in [0.1, 0.15) is 56.8 Å². The summed E-state index contributed by atoms with van der Waals surface area (Å²) >= 11 is 12.2. The minimum atomic E-state index is -4.03. The van der Waals surface area contributed by atoms with E-state index in [0.29, 0.717) is 61.9 Å². The fraction of sp³-hybridized carbons (Fsp3) is 0.417. The maximum atomic E-state index is 13.3. The fourth-order valence-corrected chi connectivity index (χ4v) is 7.38. The molecule has 0 bridgehead atoms. The zero-order chi connectivity index (χ0) is 36.1. The molecule has 5 rings (SSSR count). The molecule has 2 aliphatic heterocycles. The number of hydrogen-bond acceptors (Lipinski definition) is 7. The number of carbonyl (C=O) groups is 3. The second-order valence-corrected chi connectivity index (χ2v) is 16.1. The Kier molecular flexibility index (Phi) is 11.9. The molecule has 0 spiro atoms. The van der Waals surface area contributed by atoms with Crippen molar-refractivity contribution in [1.82, 2.24) is 15.1 Å². The Morgan fingerprint density at radius 2 is 1.48 bits per heavy atom. The van der Waals surface area contributed by atoms with E-state index >= 15 is 0 Å². The van der Waals surface area contributed by atoms with Crippen LogP contribution in [-0.4, -0.2) is 74.5 Å². The van der Waals surface area contributed by atoms with Gasteiger partial charge in [-0.25, -0.2) is 13.2 Å². The van der Waals surface area contributed by atoms with Crippen LogP contribution in [0.3, 0.4) is 0 Å².